The molecule has 0 saturated carbocycles. The van der Waals surface area contributed by atoms with Crippen LogP contribution in [-0.2, 0) is 12.8 Å². The molecule has 0 atom stereocenters. The number of hydrogen-bond donors (Lipinski definition) is 0. The first-order valence-electron chi connectivity index (χ1n) is 16.1. The van der Waals surface area contributed by atoms with Crippen molar-refractivity contribution in [3.8, 4) is 27.6 Å². The molecule has 0 fully saturated rings. The number of thiophene rings is 1. The molecule has 0 radical (unpaired) electrons. The van der Waals surface area contributed by atoms with Gasteiger partial charge in [-0.15, -0.1) is 11.3 Å². The lowest BCUT2D eigenvalue weighted by Gasteiger charge is -2.10. The highest BCUT2D eigenvalue weighted by atomic mass is 32.1. The van der Waals surface area contributed by atoms with Crippen molar-refractivity contribution in [1.29, 1.82) is 0 Å². The van der Waals surface area contributed by atoms with Gasteiger partial charge in [0.2, 0.25) is 5.82 Å². The van der Waals surface area contributed by atoms with Crippen LogP contribution in [0.4, 0.5) is 22.0 Å². The van der Waals surface area contributed by atoms with Gasteiger partial charge in [-0.3, -0.25) is 0 Å². The summed E-state index contributed by atoms with van der Waals surface area (Å²) in [5.41, 5.74) is 7.98. The SMILES string of the molecule is Fc1c(F)c(F)c(-p2c3cc4nc(c(-c5ccccc5)c5ccc(s5)c(-c5ccccc5)c5nc(cc2c2c3CCC2)C=C5)C=C4)c(F)c1F. The van der Waals surface area contributed by atoms with Gasteiger partial charge in [0.05, 0.1) is 28.1 Å². The summed E-state index contributed by atoms with van der Waals surface area (Å²) in [7, 11) is -2.20. The second kappa shape index (κ2) is 12.0. The van der Waals surface area contributed by atoms with E-state index in [-0.39, 0.29) is 0 Å². The highest BCUT2D eigenvalue weighted by Gasteiger charge is 2.31. The van der Waals surface area contributed by atoms with E-state index in [1.54, 1.807) is 23.5 Å². The van der Waals surface area contributed by atoms with Gasteiger partial charge in [0.25, 0.3) is 0 Å². The van der Waals surface area contributed by atoms with E-state index in [0.29, 0.717) is 45.9 Å². The van der Waals surface area contributed by atoms with E-state index in [0.717, 1.165) is 49.2 Å². The average Bonchev–Trinajstić information content (AvgIpc) is 3.98. The highest BCUT2D eigenvalue weighted by molar-refractivity contribution is 7.67. The molecule has 3 aromatic heterocycles. The maximum atomic E-state index is 15.8. The number of aromatic nitrogens is 2. The summed E-state index contributed by atoms with van der Waals surface area (Å²) >= 11 is 1.64. The highest BCUT2D eigenvalue weighted by Crippen LogP contribution is 2.58. The van der Waals surface area contributed by atoms with E-state index < -0.39 is 41.9 Å². The van der Waals surface area contributed by atoms with Gasteiger partial charge in [0, 0.05) is 30.8 Å². The molecule has 244 valence electrons. The first-order chi connectivity index (χ1) is 24.4. The van der Waals surface area contributed by atoms with Gasteiger partial charge in [-0.2, -0.15) is 0 Å². The van der Waals surface area contributed by atoms with Crippen LogP contribution in [0.2, 0.25) is 0 Å². The Balaban J connectivity index is 1.50. The predicted octanol–water partition coefficient (Wildman–Crippen LogP) is 12.6. The number of benzene rings is 3. The zero-order valence-electron chi connectivity index (χ0n) is 26.2. The summed E-state index contributed by atoms with van der Waals surface area (Å²) < 4.78 is 77.5. The van der Waals surface area contributed by atoms with Gasteiger partial charge in [0.1, 0.15) is 0 Å². The van der Waals surface area contributed by atoms with Crippen LogP contribution in [0.1, 0.15) is 40.3 Å². The van der Waals surface area contributed by atoms with Gasteiger partial charge >= 0.3 is 0 Å². The third-order valence-corrected chi connectivity index (χ3v) is 13.1. The van der Waals surface area contributed by atoms with Crippen LogP contribution in [0.3, 0.4) is 0 Å². The molecule has 0 spiro atoms. The maximum Gasteiger partial charge on any atom is 0.200 e. The zero-order valence-corrected chi connectivity index (χ0v) is 27.9. The van der Waals surface area contributed by atoms with Crippen molar-refractivity contribution in [2.24, 2.45) is 0 Å². The maximum absolute atomic E-state index is 15.8. The molecule has 2 nitrogen and oxygen atoms in total. The molecule has 3 aromatic carbocycles. The van der Waals surface area contributed by atoms with E-state index in [1.165, 1.54) is 0 Å². The first kappa shape index (κ1) is 30.9. The average molecular weight is 703 g/mol. The molecule has 9 heteroatoms. The Morgan fingerprint density at radius 1 is 0.520 bits per heavy atom. The molecule has 50 heavy (non-hydrogen) atoms. The van der Waals surface area contributed by atoms with Gasteiger partial charge in [-0.25, -0.2) is 31.9 Å². The van der Waals surface area contributed by atoms with E-state index in [2.05, 4.69) is 12.1 Å². The molecule has 0 unspecified atom stereocenters. The topological polar surface area (TPSA) is 25.8 Å². The summed E-state index contributed by atoms with van der Waals surface area (Å²) in [6, 6.07) is 27.6. The third-order valence-electron chi connectivity index (χ3n) is 9.36. The zero-order chi connectivity index (χ0) is 34.1. The summed E-state index contributed by atoms with van der Waals surface area (Å²) in [4.78, 5) is 10.0. The Kier molecular flexibility index (Phi) is 7.41. The lowest BCUT2D eigenvalue weighted by molar-refractivity contribution is 0.383. The van der Waals surface area contributed by atoms with E-state index in [4.69, 9.17) is 9.97 Å². The van der Waals surface area contributed by atoms with Crippen LogP contribution < -0.4 is 0 Å². The smallest absolute Gasteiger partial charge is 0.200 e. The molecular weight excluding hydrogens is 678 g/mol. The summed E-state index contributed by atoms with van der Waals surface area (Å²) in [6.07, 6.45) is 9.54. The Labute approximate surface area is 288 Å². The fraction of sp³-hybridized carbons (Fsp3) is 0.0732. The van der Waals surface area contributed by atoms with Crippen molar-refractivity contribution in [2.75, 3.05) is 0 Å². The van der Waals surface area contributed by atoms with Crippen molar-refractivity contribution >= 4 is 62.8 Å². The lowest BCUT2D eigenvalue weighted by atomic mass is 10.0. The van der Waals surface area contributed by atoms with Crippen LogP contribution in [0.5, 0.6) is 0 Å². The minimum absolute atomic E-state index is 0.536. The molecule has 2 aliphatic heterocycles. The van der Waals surface area contributed by atoms with Crippen molar-refractivity contribution in [3.05, 3.63) is 148 Å². The van der Waals surface area contributed by atoms with Crippen LogP contribution in [0, 0.1) is 29.1 Å². The molecule has 0 amide bonds. The van der Waals surface area contributed by atoms with Crippen molar-refractivity contribution in [3.63, 3.8) is 0 Å². The van der Waals surface area contributed by atoms with Crippen LogP contribution in [0.25, 0.3) is 71.5 Å². The molecule has 0 N–H and O–H groups in total. The molecule has 9 rings (SSSR count). The van der Waals surface area contributed by atoms with Crippen molar-refractivity contribution in [2.45, 2.75) is 19.3 Å². The Morgan fingerprint density at radius 2 is 0.960 bits per heavy atom. The molecule has 3 aliphatic rings. The quantitative estimate of drug-likeness (QED) is 0.104. The van der Waals surface area contributed by atoms with Gasteiger partial charge in [-0.1, -0.05) is 68.2 Å². The van der Waals surface area contributed by atoms with Crippen molar-refractivity contribution < 1.29 is 22.0 Å². The van der Waals surface area contributed by atoms with Gasteiger partial charge < -0.3 is 0 Å². The Hall–Kier alpha value is -5.17. The minimum atomic E-state index is -2.20. The normalized spacial score (nSPS) is 13.3. The van der Waals surface area contributed by atoms with Crippen molar-refractivity contribution in [1.82, 2.24) is 9.97 Å². The van der Waals surface area contributed by atoms with E-state index >= 15 is 8.78 Å². The number of halogens is 5. The molecule has 5 heterocycles. The first-order valence-corrected chi connectivity index (χ1v) is 18.2. The summed E-state index contributed by atoms with van der Waals surface area (Å²) in [5.74, 6) is -9.68. The molecular formula is C41H24F5N2PS. The second-order valence-corrected chi connectivity index (χ2v) is 15.4. The number of rotatable bonds is 3. The monoisotopic (exact) mass is 702 g/mol. The molecule has 6 aromatic rings. The number of aryl methyl sites for hydroxylation is 2. The van der Waals surface area contributed by atoms with E-state index in [1.807, 2.05) is 85.0 Å². The Morgan fingerprint density at radius 3 is 1.42 bits per heavy atom. The van der Waals surface area contributed by atoms with Crippen LogP contribution in [-0.4, -0.2) is 9.97 Å². The largest absolute Gasteiger partial charge is 0.248 e. The molecule has 8 bridgehead atoms. The second-order valence-electron chi connectivity index (χ2n) is 12.3. The van der Waals surface area contributed by atoms with Gasteiger partial charge in [0.15, 0.2) is 23.3 Å². The third kappa shape index (κ3) is 4.89. The minimum Gasteiger partial charge on any atom is -0.248 e. The lowest BCUT2D eigenvalue weighted by Crippen LogP contribution is -2.01. The number of nitrogens with zero attached hydrogens (tertiary/aromatic N) is 2. The predicted molar refractivity (Wildman–Crippen MR) is 195 cm³/mol. The Bertz CT molecular complexity index is 2450. The molecule has 1 aliphatic carbocycles. The van der Waals surface area contributed by atoms with Crippen LogP contribution >= 0.6 is 18.9 Å². The van der Waals surface area contributed by atoms with Crippen LogP contribution in [0.15, 0.2) is 84.9 Å². The summed E-state index contributed by atoms with van der Waals surface area (Å²) in [6.45, 7) is 0. The standard InChI is InChI=1S/C41H24F5N2PS/c42-36-37(43)39(45)41(40(46)38(36)44)49-30-20-24-14-16-28(47-24)34(22-8-3-1-4-9-22)32-18-19-33(50-32)35(23-10-5-2-6-11-23)29-17-15-25(48-29)21-31(49)27-13-7-12-26(27)30/h1-6,8-11,14-21H,7,12-13H2. The van der Waals surface area contributed by atoms with E-state index in [9.17, 15) is 13.2 Å². The molecule has 0 saturated heterocycles. The van der Waals surface area contributed by atoms with Gasteiger partial charge in [-0.05, 0) is 90.1 Å². The number of fused-ring (bicyclic) bond motifs is 11. The summed E-state index contributed by atoms with van der Waals surface area (Å²) in [5, 5.41) is 0.282. The number of hydrogen-bond acceptors (Lipinski definition) is 3. The fourth-order valence-electron chi connectivity index (χ4n) is 7.17. The fourth-order valence-corrected chi connectivity index (χ4v) is 11.2.